The van der Waals surface area contributed by atoms with E-state index in [-0.39, 0.29) is 11.8 Å². The molecule has 6 nitrogen and oxygen atoms in total. The lowest BCUT2D eigenvalue weighted by Gasteiger charge is -2.35. The van der Waals surface area contributed by atoms with E-state index in [4.69, 9.17) is 21.1 Å². The molecule has 5 atom stereocenters. The van der Waals surface area contributed by atoms with Crippen LogP contribution < -0.4 is 0 Å². The van der Waals surface area contributed by atoms with Crippen LogP contribution in [0.1, 0.15) is 51.7 Å². The maximum absolute atomic E-state index is 12.6. The quantitative estimate of drug-likeness (QED) is 0.244. The number of nitrogens with zero attached hydrogens (tertiary/aromatic N) is 1. The third-order valence-corrected chi connectivity index (χ3v) is 6.06. The van der Waals surface area contributed by atoms with Crippen molar-refractivity contribution >= 4 is 23.3 Å². The largest absolute Gasteiger partial charge is 0.459 e. The van der Waals surface area contributed by atoms with E-state index >= 15 is 0 Å². The zero-order valence-corrected chi connectivity index (χ0v) is 15.9. The van der Waals surface area contributed by atoms with Gasteiger partial charge in [0.25, 0.3) is 10.7 Å². The Balaban J connectivity index is 1.64. The van der Waals surface area contributed by atoms with Gasteiger partial charge in [0, 0.05) is 12.1 Å². The number of hydrogen-bond acceptors (Lipinski definition) is 5. The first-order valence-electron chi connectivity index (χ1n) is 9.04. The third-order valence-electron chi connectivity index (χ3n) is 5.62. The van der Waals surface area contributed by atoms with Crippen molar-refractivity contribution in [3.8, 4) is 0 Å². The minimum absolute atomic E-state index is 0.0205. The van der Waals surface area contributed by atoms with Crippen LogP contribution in [0.4, 0.5) is 5.69 Å². The number of rotatable bonds is 5. The Morgan fingerprint density at radius 2 is 2.00 bits per heavy atom. The minimum atomic E-state index is -1.53. The minimum Gasteiger partial charge on any atom is -0.459 e. The molecule has 7 heteroatoms. The van der Waals surface area contributed by atoms with Gasteiger partial charge in [-0.05, 0) is 54.7 Å². The summed E-state index contributed by atoms with van der Waals surface area (Å²) in [5.41, 5.74) is 0.604. The van der Waals surface area contributed by atoms with Crippen LogP contribution in [0.2, 0.25) is 0 Å². The van der Waals surface area contributed by atoms with Crippen LogP contribution in [0.15, 0.2) is 24.3 Å². The van der Waals surface area contributed by atoms with Gasteiger partial charge in [0.2, 0.25) is 0 Å². The average Bonchev–Trinajstić information content (AvgIpc) is 3.30. The second-order valence-electron chi connectivity index (χ2n) is 7.73. The van der Waals surface area contributed by atoms with Crippen molar-refractivity contribution in [3.63, 3.8) is 0 Å². The summed E-state index contributed by atoms with van der Waals surface area (Å²) < 4.78 is 11.1. The van der Waals surface area contributed by atoms with Gasteiger partial charge in [-0.3, -0.25) is 10.1 Å². The van der Waals surface area contributed by atoms with E-state index in [0.717, 1.165) is 19.3 Å². The Bertz CT molecular complexity index is 692. The highest BCUT2D eigenvalue weighted by atomic mass is 35.5. The fraction of sp³-hybridized carbons (Fsp3) is 0.632. The molecule has 0 amide bonds. The number of ether oxygens (including phenoxy) is 2. The fourth-order valence-corrected chi connectivity index (χ4v) is 3.90. The lowest BCUT2D eigenvalue weighted by molar-refractivity contribution is -0.384. The summed E-state index contributed by atoms with van der Waals surface area (Å²) in [6, 6.07) is 5.85. The lowest BCUT2D eigenvalue weighted by atomic mass is 9.76. The van der Waals surface area contributed by atoms with Crippen LogP contribution >= 0.6 is 11.6 Å². The molecule has 2 fully saturated rings. The zero-order valence-electron chi connectivity index (χ0n) is 15.2. The second kappa shape index (κ2) is 7.16. The second-order valence-corrected chi connectivity index (χ2v) is 8.29. The summed E-state index contributed by atoms with van der Waals surface area (Å²) in [6.45, 7) is 6.48. The zero-order chi connectivity index (χ0) is 19.1. The Morgan fingerprint density at radius 1 is 1.35 bits per heavy atom. The molecule has 26 heavy (non-hydrogen) atoms. The number of epoxide rings is 1. The Morgan fingerprint density at radius 3 is 2.58 bits per heavy atom. The van der Waals surface area contributed by atoms with Crippen molar-refractivity contribution in [2.24, 2.45) is 17.8 Å². The number of esters is 1. The first-order chi connectivity index (χ1) is 12.2. The number of carbonyl (C=O) groups excluding carboxylic acids is 1. The van der Waals surface area contributed by atoms with E-state index in [1.807, 2.05) is 0 Å². The number of halogens is 1. The van der Waals surface area contributed by atoms with Crippen molar-refractivity contribution in [2.45, 2.75) is 57.3 Å². The number of benzene rings is 1. The molecule has 0 radical (unpaired) electrons. The van der Waals surface area contributed by atoms with Crippen LogP contribution in [-0.2, 0) is 14.3 Å². The molecule has 0 aromatic heterocycles. The predicted octanol–water partition coefficient (Wildman–Crippen LogP) is 4.61. The van der Waals surface area contributed by atoms with Crippen molar-refractivity contribution in [1.29, 1.82) is 0 Å². The molecule has 1 aliphatic carbocycles. The number of hydrogen-bond donors (Lipinski definition) is 0. The van der Waals surface area contributed by atoms with E-state index in [9.17, 15) is 14.9 Å². The van der Waals surface area contributed by atoms with Gasteiger partial charge < -0.3 is 9.47 Å². The topological polar surface area (TPSA) is 82.0 Å². The first kappa shape index (κ1) is 19.1. The molecule has 1 saturated carbocycles. The van der Waals surface area contributed by atoms with Gasteiger partial charge >= 0.3 is 5.97 Å². The van der Waals surface area contributed by atoms with Gasteiger partial charge in [0.05, 0.1) is 4.92 Å². The highest BCUT2D eigenvalue weighted by Crippen LogP contribution is 2.54. The summed E-state index contributed by atoms with van der Waals surface area (Å²) in [4.78, 5) is 22.8. The summed E-state index contributed by atoms with van der Waals surface area (Å²) in [5.74, 6) is 0.828. The first-order valence-corrected chi connectivity index (χ1v) is 9.42. The normalized spacial score (nSPS) is 33.7. The molecule has 2 aliphatic rings. The third kappa shape index (κ3) is 3.71. The van der Waals surface area contributed by atoms with E-state index in [2.05, 4.69) is 20.8 Å². The van der Waals surface area contributed by atoms with Gasteiger partial charge in [-0.15, -0.1) is 0 Å². The van der Waals surface area contributed by atoms with Crippen LogP contribution in [-0.4, -0.2) is 22.1 Å². The summed E-state index contributed by atoms with van der Waals surface area (Å²) in [7, 11) is 0. The van der Waals surface area contributed by atoms with E-state index in [1.165, 1.54) is 12.1 Å². The number of non-ortho nitro benzene ring substituents is 1. The maximum Gasteiger partial charge on any atom is 0.357 e. The molecule has 1 saturated heterocycles. The number of alkyl halides is 1. The highest BCUT2D eigenvalue weighted by Gasteiger charge is 2.64. The van der Waals surface area contributed by atoms with Crippen LogP contribution in [0.5, 0.6) is 0 Å². The highest BCUT2D eigenvalue weighted by molar-refractivity contribution is 6.35. The lowest BCUT2D eigenvalue weighted by Crippen LogP contribution is -2.36. The van der Waals surface area contributed by atoms with Crippen molar-refractivity contribution < 1.29 is 19.2 Å². The Labute approximate surface area is 158 Å². The molecule has 3 rings (SSSR count). The van der Waals surface area contributed by atoms with Gasteiger partial charge in [0.15, 0.2) is 0 Å². The van der Waals surface area contributed by atoms with Crippen molar-refractivity contribution in [3.05, 3.63) is 39.9 Å². The van der Waals surface area contributed by atoms with Crippen molar-refractivity contribution in [1.82, 2.24) is 0 Å². The number of nitro groups is 1. The van der Waals surface area contributed by atoms with Gasteiger partial charge in [-0.25, -0.2) is 4.79 Å². The standard InChI is InChI=1S/C19H24ClNO5/c1-11(2)14-5-4-12(3)16(10-14)25-18(22)19(20)17(26-19)13-6-8-15(9-7-13)21(23)24/h6-9,11-12,14,16-17H,4-5,10H2,1-3H3/t12-,14-,16-,17+,19-/m0/s1. The van der Waals surface area contributed by atoms with Crippen LogP contribution in [0.3, 0.4) is 0 Å². The van der Waals surface area contributed by atoms with E-state index < -0.39 is 22.1 Å². The molecular formula is C19H24ClNO5. The van der Waals surface area contributed by atoms with Crippen LogP contribution in [0.25, 0.3) is 0 Å². The molecule has 1 aliphatic heterocycles. The molecular weight excluding hydrogens is 358 g/mol. The maximum atomic E-state index is 12.6. The molecule has 1 heterocycles. The SMILES string of the molecule is CC(C)[C@H]1CC[C@H](C)[C@@H](OC(=O)[C@@]2(Cl)O[C@@H]2c2ccc([N+](=O)[O-])cc2)C1. The van der Waals surface area contributed by atoms with Crippen LogP contribution in [0, 0.1) is 27.9 Å². The predicted molar refractivity (Wildman–Crippen MR) is 96.7 cm³/mol. The fourth-order valence-electron chi connectivity index (χ4n) is 3.64. The van der Waals surface area contributed by atoms with E-state index in [1.54, 1.807) is 12.1 Å². The van der Waals surface area contributed by atoms with Crippen molar-refractivity contribution in [2.75, 3.05) is 0 Å². The van der Waals surface area contributed by atoms with Gasteiger partial charge in [-0.1, -0.05) is 32.4 Å². The number of carbonyl (C=O) groups is 1. The monoisotopic (exact) mass is 381 g/mol. The van der Waals surface area contributed by atoms with Gasteiger partial charge in [-0.2, -0.15) is 0 Å². The smallest absolute Gasteiger partial charge is 0.357 e. The molecule has 0 spiro atoms. The Kier molecular flexibility index (Phi) is 5.26. The molecule has 142 valence electrons. The van der Waals surface area contributed by atoms with E-state index in [0.29, 0.717) is 23.3 Å². The molecule has 0 unspecified atom stereocenters. The summed E-state index contributed by atoms with van der Waals surface area (Å²) in [5, 5.41) is 9.21. The molecule has 1 aromatic carbocycles. The summed E-state index contributed by atoms with van der Waals surface area (Å²) >= 11 is 6.33. The Hall–Kier alpha value is -1.66. The molecule has 0 bridgehead atoms. The molecule has 1 aromatic rings. The van der Waals surface area contributed by atoms with Gasteiger partial charge in [0.1, 0.15) is 12.2 Å². The summed E-state index contributed by atoms with van der Waals surface area (Å²) in [6.07, 6.45) is 2.24. The molecule has 0 N–H and O–H groups in total. The average molecular weight is 382 g/mol. The number of nitro benzene ring substituents is 1.